The number of rotatable bonds is 3. The maximum atomic E-state index is 6.82. The highest BCUT2D eigenvalue weighted by atomic mass is 35.5. The minimum absolute atomic E-state index is 0.0227. The quantitative estimate of drug-likeness (QED) is 0.281. The minimum Gasteiger partial charge on any atom is -0.497 e. The van der Waals surface area contributed by atoms with Gasteiger partial charge in [-0.3, -0.25) is 0 Å². The maximum absolute atomic E-state index is 6.82. The third-order valence-electron chi connectivity index (χ3n) is 5.65. The molecule has 1 aromatic heterocycles. The fourth-order valence-corrected chi connectivity index (χ4v) is 5.86. The van der Waals surface area contributed by atoms with E-state index in [9.17, 15) is 0 Å². The van der Waals surface area contributed by atoms with E-state index in [1.807, 2.05) is 36.4 Å². The Kier molecular flexibility index (Phi) is 4.87. The third kappa shape index (κ3) is 3.07. The summed E-state index contributed by atoms with van der Waals surface area (Å²) in [6, 6.07) is 24.9. The SMILES string of the molecule is COc1ccc([C@@H]2c3cccc(Cl)c3[C@H](c3cccs3)c3cccc(Cl)c32)cc1. The van der Waals surface area contributed by atoms with Gasteiger partial charge >= 0.3 is 0 Å². The van der Waals surface area contributed by atoms with Crippen molar-refractivity contribution < 1.29 is 4.74 Å². The van der Waals surface area contributed by atoms with Gasteiger partial charge in [0.1, 0.15) is 5.75 Å². The van der Waals surface area contributed by atoms with Gasteiger partial charge in [0, 0.05) is 26.8 Å². The van der Waals surface area contributed by atoms with E-state index in [0.717, 1.165) is 21.4 Å². The first kappa shape index (κ1) is 18.7. The fraction of sp³-hybridized carbons (Fsp3) is 0.120. The molecule has 3 aromatic carbocycles. The van der Waals surface area contributed by atoms with Crippen LogP contribution in [0.25, 0.3) is 0 Å². The summed E-state index contributed by atoms with van der Waals surface area (Å²) in [5.74, 6) is 0.947. The molecular formula is C25H18Cl2OS. The van der Waals surface area contributed by atoms with E-state index >= 15 is 0 Å². The van der Waals surface area contributed by atoms with Crippen LogP contribution in [0.3, 0.4) is 0 Å². The van der Waals surface area contributed by atoms with Gasteiger partial charge in [-0.15, -0.1) is 11.3 Å². The van der Waals surface area contributed by atoms with Crippen molar-refractivity contribution in [3.63, 3.8) is 0 Å². The zero-order chi connectivity index (χ0) is 20.0. The topological polar surface area (TPSA) is 9.23 Å². The van der Waals surface area contributed by atoms with Gasteiger partial charge in [-0.1, -0.05) is 65.7 Å². The van der Waals surface area contributed by atoms with Gasteiger partial charge < -0.3 is 4.74 Å². The Morgan fingerprint density at radius 3 is 1.93 bits per heavy atom. The van der Waals surface area contributed by atoms with Crippen molar-refractivity contribution in [2.24, 2.45) is 0 Å². The van der Waals surface area contributed by atoms with Crippen LogP contribution in [0.5, 0.6) is 5.75 Å². The molecular weight excluding hydrogens is 419 g/mol. The highest BCUT2D eigenvalue weighted by Gasteiger charge is 2.37. The van der Waals surface area contributed by atoms with Gasteiger partial charge in [0.05, 0.1) is 7.11 Å². The predicted octanol–water partition coefficient (Wildman–Crippen LogP) is 7.74. The second-order valence-electron chi connectivity index (χ2n) is 7.14. The second kappa shape index (κ2) is 7.53. The molecule has 1 aliphatic rings. The van der Waals surface area contributed by atoms with Crippen molar-refractivity contribution in [1.29, 1.82) is 0 Å². The molecule has 1 aliphatic carbocycles. The summed E-state index contributed by atoms with van der Waals surface area (Å²) in [4.78, 5) is 1.27. The molecule has 0 fully saturated rings. The van der Waals surface area contributed by atoms with E-state index in [-0.39, 0.29) is 11.8 Å². The van der Waals surface area contributed by atoms with Gasteiger partial charge in [0.2, 0.25) is 0 Å². The summed E-state index contributed by atoms with van der Waals surface area (Å²) < 4.78 is 5.36. The third-order valence-corrected chi connectivity index (χ3v) is 7.25. The molecule has 0 radical (unpaired) electrons. The molecule has 0 unspecified atom stereocenters. The van der Waals surface area contributed by atoms with Gasteiger partial charge in [0.15, 0.2) is 0 Å². The van der Waals surface area contributed by atoms with E-state index in [1.165, 1.54) is 27.1 Å². The van der Waals surface area contributed by atoms with Crippen LogP contribution < -0.4 is 4.74 Å². The summed E-state index contributed by atoms with van der Waals surface area (Å²) in [5.41, 5.74) is 5.94. The normalized spacial score (nSPS) is 17.5. The highest BCUT2D eigenvalue weighted by molar-refractivity contribution is 7.10. The van der Waals surface area contributed by atoms with E-state index in [2.05, 4.69) is 41.8 Å². The number of benzene rings is 3. The Morgan fingerprint density at radius 1 is 0.724 bits per heavy atom. The molecule has 0 aliphatic heterocycles. The molecule has 1 heterocycles. The zero-order valence-electron chi connectivity index (χ0n) is 15.7. The summed E-state index contributed by atoms with van der Waals surface area (Å²) in [7, 11) is 1.68. The first-order valence-corrected chi connectivity index (χ1v) is 11.1. The number of ether oxygens (including phenoxy) is 1. The van der Waals surface area contributed by atoms with Crippen molar-refractivity contribution in [3.05, 3.63) is 121 Å². The Labute approximate surface area is 184 Å². The number of hydrogen-bond donors (Lipinski definition) is 0. The summed E-state index contributed by atoms with van der Waals surface area (Å²) in [6.07, 6.45) is 0. The molecule has 0 bridgehead atoms. The average Bonchev–Trinajstić information content (AvgIpc) is 3.27. The molecule has 0 spiro atoms. The lowest BCUT2D eigenvalue weighted by Gasteiger charge is -2.35. The molecule has 0 amide bonds. The van der Waals surface area contributed by atoms with Crippen LogP contribution in [-0.4, -0.2) is 7.11 Å². The Hall–Kier alpha value is -2.26. The molecule has 5 rings (SSSR count). The number of methoxy groups -OCH3 is 1. The van der Waals surface area contributed by atoms with Crippen LogP contribution in [0.1, 0.15) is 44.5 Å². The average molecular weight is 437 g/mol. The van der Waals surface area contributed by atoms with Crippen LogP contribution in [0, 0.1) is 0 Å². The van der Waals surface area contributed by atoms with Gasteiger partial charge in [-0.2, -0.15) is 0 Å². The molecule has 2 atom stereocenters. The number of thiophene rings is 1. The molecule has 4 aromatic rings. The molecule has 29 heavy (non-hydrogen) atoms. The van der Waals surface area contributed by atoms with Crippen LogP contribution in [0.15, 0.2) is 78.2 Å². The van der Waals surface area contributed by atoms with E-state index < -0.39 is 0 Å². The fourth-order valence-electron chi connectivity index (χ4n) is 4.42. The first-order chi connectivity index (χ1) is 14.2. The molecule has 0 saturated heterocycles. The number of halogens is 2. The van der Waals surface area contributed by atoms with Crippen LogP contribution >= 0.6 is 34.5 Å². The number of hydrogen-bond acceptors (Lipinski definition) is 2. The lowest BCUT2D eigenvalue weighted by molar-refractivity contribution is 0.414. The summed E-state index contributed by atoms with van der Waals surface area (Å²) >= 11 is 15.4. The lowest BCUT2D eigenvalue weighted by Crippen LogP contribution is -2.20. The molecule has 0 N–H and O–H groups in total. The number of fused-ring (bicyclic) bond motifs is 2. The van der Waals surface area contributed by atoms with Crippen molar-refractivity contribution in [2.45, 2.75) is 11.8 Å². The van der Waals surface area contributed by atoms with Crippen LogP contribution in [-0.2, 0) is 0 Å². The highest BCUT2D eigenvalue weighted by Crippen LogP contribution is 2.53. The van der Waals surface area contributed by atoms with Crippen molar-refractivity contribution in [2.75, 3.05) is 7.11 Å². The Bertz CT molecular complexity index is 1170. The van der Waals surface area contributed by atoms with Crippen LogP contribution in [0.4, 0.5) is 0 Å². The second-order valence-corrected chi connectivity index (χ2v) is 8.93. The van der Waals surface area contributed by atoms with Gasteiger partial charge in [-0.05, 0) is 63.5 Å². The van der Waals surface area contributed by atoms with Crippen molar-refractivity contribution in [3.8, 4) is 5.75 Å². The van der Waals surface area contributed by atoms with Gasteiger partial charge in [-0.25, -0.2) is 0 Å². The smallest absolute Gasteiger partial charge is 0.118 e. The largest absolute Gasteiger partial charge is 0.497 e. The molecule has 144 valence electrons. The monoisotopic (exact) mass is 436 g/mol. The van der Waals surface area contributed by atoms with Crippen molar-refractivity contribution in [1.82, 2.24) is 0 Å². The summed E-state index contributed by atoms with van der Waals surface area (Å²) in [5, 5.41) is 3.70. The maximum Gasteiger partial charge on any atom is 0.118 e. The molecule has 0 saturated carbocycles. The Morgan fingerprint density at radius 2 is 1.34 bits per heavy atom. The molecule has 1 nitrogen and oxygen atoms in total. The zero-order valence-corrected chi connectivity index (χ0v) is 18.1. The minimum atomic E-state index is 0.0227. The van der Waals surface area contributed by atoms with E-state index in [0.29, 0.717) is 0 Å². The first-order valence-electron chi connectivity index (χ1n) is 9.43. The lowest BCUT2D eigenvalue weighted by atomic mass is 9.69. The summed E-state index contributed by atoms with van der Waals surface area (Å²) in [6.45, 7) is 0. The van der Waals surface area contributed by atoms with Crippen LogP contribution in [0.2, 0.25) is 10.0 Å². The van der Waals surface area contributed by atoms with E-state index in [1.54, 1.807) is 18.4 Å². The Balaban J connectivity index is 1.82. The van der Waals surface area contributed by atoms with E-state index in [4.69, 9.17) is 27.9 Å². The predicted molar refractivity (Wildman–Crippen MR) is 122 cm³/mol. The molecule has 4 heteroatoms. The van der Waals surface area contributed by atoms with Crippen molar-refractivity contribution >= 4 is 34.5 Å². The van der Waals surface area contributed by atoms with Gasteiger partial charge in [0.25, 0.3) is 0 Å². The standard InChI is InChI=1S/C25H18Cl2OS/c1-28-16-12-10-15(11-13-16)22-17-5-2-8-20(27)24(17)25(21-9-4-14-29-21)18-6-3-7-19(26)23(18)22/h2-14,22,25H,1H3/t22-,25+/m1/s1.